The molecule has 0 bridgehead atoms. The molecular weight excluding hydrogens is 605 g/mol. The van der Waals surface area contributed by atoms with Crippen molar-refractivity contribution in [1.29, 1.82) is 5.26 Å². The van der Waals surface area contributed by atoms with Crippen LogP contribution in [0, 0.1) is 18.3 Å². The number of carbonyl (C=O) groups excluding carboxylic acids is 1. The number of ether oxygens (including phenoxy) is 2. The summed E-state index contributed by atoms with van der Waals surface area (Å²) in [5.74, 6) is -0.397. The molecule has 0 aromatic heterocycles. The van der Waals surface area contributed by atoms with Gasteiger partial charge in [0, 0.05) is 35.3 Å². The molecule has 1 unspecified atom stereocenters. The number of carbonyl (C=O) groups is 1. The quantitative estimate of drug-likeness (QED) is 0.109. The molecule has 8 nitrogen and oxygen atoms in total. The van der Waals surface area contributed by atoms with Gasteiger partial charge in [0.25, 0.3) is 8.53 Å². The predicted octanol–water partition coefficient (Wildman–Crippen LogP) is 8.58. The Hall–Kier alpha value is -2.96. The maximum absolute atomic E-state index is 13.0. The lowest BCUT2D eigenvalue weighted by Gasteiger charge is -2.37. The first kappa shape index (κ1) is 33.4. The molecule has 3 aromatic rings. The fourth-order valence-electron chi connectivity index (χ4n) is 5.69. The number of para-hydroxylation sites is 1. The molecule has 0 N–H and O–H groups in total. The van der Waals surface area contributed by atoms with Crippen molar-refractivity contribution in [2.45, 2.75) is 87.6 Å². The van der Waals surface area contributed by atoms with Gasteiger partial charge in [-0.05, 0) is 76.6 Å². The summed E-state index contributed by atoms with van der Waals surface area (Å²) in [6, 6.07) is 24.7. The van der Waals surface area contributed by atoms with E-state index < -0.39 is 20.6 Å². The van der Waals surface area contributed by atoms with E-state index >= 15 is 0 Å². The van der Waals surface area contributed by atoms with Crippen LogP contribution in [0.3, 0.4) is 0 Å². The number of anilines is 2. The molecule has 238 valence electrons. The number of fused-ring (bicyclic) bond motifs is 2. The third-order valence-electron chi connectivity index (χ3n) is 7.92. The number of benzene rings is 3. The average molecular weight is 648 g/mol. The van der Waals surface area contributed by atoms with Crippen molar-refractivity contribution >= 4 is 37.6 Å². The second-order valence-electron chi connectivity index (χ2n) is 11.9. The summed E-state index contributed by atoms with van der Waals surface area (Å²) in [4.78, 5) is 17.6. The fourth-order valence-corrected chi connectivity index (χ4v) is 8.64. The normalized spacial score (nSPS) is 19.8. The van der Waals surface area contributed by atoms with Gasteiger partial charge < -0.3 is 23.4 Å². The average Bonchev–Trinajstić information content (AvgIpc) is 3.42. The van der Waals surface area contributed by atoms with Gasteiger partial charge >= 0.3 is 5.97 Å². The van der Waals surface area contributed by atoms with Gasteiger partial charge in [0.1, 0.15) is 12.7 Å². The molecule has 0 amide bonds. The van der Waals surface area contributed by atoms with Crippen molar-refractivity contribution in [2.75, 3.05) is 25.2 Å². The molecule has 0 radical (unpaired) electrons. The van der Waals surface area contributed by atoms with Crippen LogP contribution in [0.2, 0.25) is 0 Å². The van der Waals surface area contributed by atoms with Crippen molar-refractivity contribution in [3.05, 3.63) is 83.4 Å². The summed E-state index contributed by atoms with van der Waals surface area (Å²) >= 11 is 1.76. The van der Waals surface area contributed by atoms with Gasteiger partial charge in [-0.15, -0.1) is 0 Å². The monoisotopic (exact) mass is 647 g/mol. The Labute approximate surface area is 272 Å². The highest BCUT2D eigenvalue weighted by Gasteiger charge is 2.42. The number of aryl methyl sites for hydroxylation is 1. The molecule has 3 aromatic carbocycles. The molecule has 0 spiro atoms. The van der Waals surface area contributed by atoms with E-state index in [1.54, 1.807) is 23.9 Å². The minimum atomic E-state index is -1.51. The molecule has 10 heteroatoms. The lowest BCUT2D eigenvalue weighted by molar-refractivity contribution is -0.0318. The Morgan fingerprint density at radius 2 is 1.78 bits per heavy atom. The van der Waals surface area contributed by atoms with E-state index in [0.29, 0.717) is 12.0 Å². The third-order valence-corrected chi connectivity index (χ3v) is 11.2. The van der Waals surface area contributed by atoms with Crippen LogP contribution in [0.15, 0.2) is 76.5 Å². The van der Waals surface area contributed by atoms with Gasteiger partial charge in [-0.2, -0.15) is 5.26 Å². The van der Waals surface area contributed by atoms with Crippen molar-refractivity contribution in [2.24, 2.45) is 0 Å². The maximum atomic E-state index is 13.0. The largest absolute Gasteiger partial charge is 0.459 e. The predicted molar refractivity (Wildman–Crippen MR) is 179 cm³/mol. The highest BCUT2D eigenvalue weighted by Crippen LogP contribution is 2.52. The van der Waals surface area contributed by atoms with E-state index in [0.717, 1.165) is 21.7 Å². The summed E-state index contributed by atoms with van der Waals surface area (Å²) in [6.07, 6.45) is -0.289. The van der Waals surface area contributed by atoms with Crippen LogP contribution in [-0.2, 0) is 18.5 Å². The molecule has 2 aliphatic heterocycles. The van der Waals surface area contributed by atoms with Gasteiger partial charge in [0.2, 0.25) is 0 Å². The topological polar surface area (TPSA) is 84.3 Å². The van der Waals surface area contributed by atoms with Crippen LogP contribution in [-0.4, -0.2) is 55.2 Å². The molecule has 4 atom stereocenters. The minimum absolute atomic E-state index is 0.0500. The van der Waals surface area contributed by atoms with E-state index in [2.05, 4.69) is 92.8 Å². The number of rotatable bonds is 12. The van der Waals surface area contributed by atoms with Gasteiger partial charge in [-0.1, -0.05) is 47.7 Å². The van der Waals surface area contributed by atoms with Crippen LogP contribution in [0.4, 0.5) is 11.4 Å². The number of hydrogen-bond donors (Lipinski definition) is 0. The zero-order valence-electron chi connectivity index (χ0n) is 26.8. The van der Waals surface area contributed by atoms with Crippen molar-refractivity contribution < 1.29 is 23.3 Å². The van der Waals surface area contributed by atoms with Crippen molar-refractivity contribution in [1.82, 2.24) is 4.67 Å². The zero-order valence-corrected chi connectivity index (χ0v) is 28.5. The standard InChI is InChI=1S/C35H42N3O5PS/c1-23(2)38(24(3)4)44(41-19-9-18-36)43-31-21-30(42-32(31)22-40-35(39)26-14-12-25(5)13-15-26)27-16-17-29-34(20-27)45-33-11-8-7-10-28(33)37(29)6/h7-8,10-17,20,23-24,30-32H,9,19,21-22H2,1-6H3/t30-,31+,32-,44?/m1/s1. The lowest BCUT2D eigenvalue weighted by Crippen LogP contribution is -2.36. The molecule has 2 aliphatic rings. The maximum Gasteiger partial charge on any atom is 0.338 e. The molecule has 2 heterocycles. The summed E-state index contributed by atoms with van der Waals surface area (Å²) in [5, 5.41) is 9.16. The zero-order chi connectivity index (χ0) is 32.1. The summed E-state index contributed by atoms with van der Waals surface area (Å²) in [5.41, 5.74) is 4.96. The SMILES string of the molecule is Cc1ccc(C(=O)OC[C@H]2O[C@@H](c3ccc4c(c3)Sc3ccccc3N4C)C[C@@H]2OP(OCCC#N)N(C(C)C)C(C)C)cc1. The van der Waals surface area contributed by atoms with Crippen LogP contribution in [0.5, 0.6) is 0 Å². The highest BCUT2D eigenvalue weighted by molar-refractivity contribution is 7.99. The Kier molecular flexibility index (Phi) is 11.2. The molecule has 5 rings (SSSR count). The van der Waals surface area contributed by atoms with Crippen LogP contribution in [0.1, 0.15) is 68.1 Å². The Morgan fingerprint density at radius 3 is 2.49 bits per heavy atom. The molecular formula is C35H42N3O5PS. The first-order valence-electron chi connectivity index (χ1n) is 15.4. The second kappa shape index (κ2) is 15.1. The summed E-state index contributed by atoms with van der Waals surface area (Å²) in [7, 11) is 0.587. The van der Waals surface area contributed by atoms with E-state index in [-0.39, 0.29) is 43.9 Å². The van der Waals surface area contributed by atoms with Crippen molar-refractivity contribution in [3.63, 3.8) is 0 Å². The van der Waals surface area contributed by atoms with Gasteiger partial charge in [0.15, 0.2) is 0 Å². The Morgan fingerprint density at radius 1 is 1.07 bits per heavy atom. The lowest BCUT2D eigenvalue weighted by atomic mass is 10.0. The van der Waals surface area contributed by atoms with Crippen molar-refractivity contribution in [3.8, 4) is 6.07 Å². The number of nitrogens with zero attached hydrogens (tertiary/aromatic N) is 3. The summed E-state index contributed by atoms with van der Waals surface area (Å²) in [6.45, 7) is 10.8. The van der Waals surface area contributed by atoms with Gasteiger partial charge in [0.05, 0.1) is 48.2 Å². The molecule has 45 heavy (non-hydrogen) atoms. The number of nitriles is 1. The number of hydrogen-bond acceptors (Lipinski definition) is 9. The van der Waals surface area contributed by atoms with Crippen LogP contribution in [0.25, 0.3) is 0 Å². The second-order valence-corrected chi connectivity index (χ2v) is 14.4. The smallest absolute Gasteiger partial charge is 0.338 e. The number of esters is 1. The fraction of sp³-hybridized carbons (Fsp3) is 0.429. The van der Waals surface area contributed by atoms with Gasteiger partial charge in [-0.3, -0.25) is 0 Å². The first-order chi connectivity index (χ1) is 21.7. The van der Waals surface area contributed by atoms with E-state index in [1.165, 1.54) is 10.6 Å². The third kappa shape index (κ3) is 7.89. The van der Waals surface area contributed by atoms with Gasteiger partial charge in [-0.25, -0.2) is 9.46 Å². The van der Waals surface area contributed by atoms with E-state index in [1.807, 2.05) is 19.1 Å². The first-order valence-corrected chi connectivity index (χ1v) is 17.4. The highest BCUT2D eigenvalue weighted by atomic mass is 32.2. The Bertz CT molecular complexity index is 1500. The van der Waals surface area contributed by atoms with E-state index in [4.69, 9.17) is 23.8 Å². The Balaban J connectivity index is 1.39. The van der Waals surface area contributed by atoms with E-state index in [9.17, 15) is 4.79 Å². The van der Waals surface area contributed by atoms with Crippen LogP contribution >= 0.6 is 20.3 Å². The minimum Gasteiger partial charge on any atom is -0.459 e. The molecule has 0 saturated carbocycles. The molecule has 1 fully saturated rings. The summed E-state index contributed by atoms with van der Waals surface area (Å²) < 4.78 is 27.6. The molecule has 1 saturated heterocycles. The van der Waals surface area contributed by atoms with Crippen LogP contribution < -0.4 is 4.90 Å². The molecule has 0 aliphatic carbocycles.